The fourth-order valence-electron chi connectivity index (χ4n) is 9.33. The SMILES string of the molecule is CC(C)(C)c1cc(NC(=O)Nc2ccc(-c3cn4c(n3)sc3cc(OCCN5CCN(CC(=O)NCCCCCCCCNC(=O)COc6cccc7c6C(=O)N(C6CCC(=O)NC6=O)C7=O)CC5)ccc34)cc2)no1. The van der Waals surface area contributed by atoms with Gasteiger partial charge >= 0.3 is 6.03 Å². The topological polar surface area (TPSA) is 251 Å². The summed E-state index contributed by atoms with van der Waals surface area (Å²) in [6, 6.07) is 18.4. The number of rotatable bonds is 22. The van der Waals surface area contributed by atoms with Gasteiger partial charge in [0, 0.05) is 81.2 Å². The number of piperidine rings is 1. The summed E-state index contributed by atoms with van der Waals surface area (Å²) in [6.45, 7) is 11.9. The monoisotopic (exact) mass is 1060 g/mol. The quantitative estimate of drug-likeness (QED) is 0.0376. The van der Waals surface area contributed by atoms with E-state index >= 15 is 0 Å². The predicted molar refractivity (Wildman–Crippen MR) is 285 cm³/mol. The Morgan fingerprint density at radius 3 is 2.26 bits per heavy atom. The summed E-state index contributed by atoms with van der Waals surface area (Å²) in [5.74, 6) is -0.893. The van der Waals surface area contributed by atoms with Gasteiger partial charge in [-0.3, -0.25) is 58.5 Å². The molecule has 8 amide bonds. The van der Waals surface area contributed by atoms with Crippen molar-refractivity contribution >= 4 is 79.5 Å². The van der Waals surface area contributed by atoms with E-state index in [1.165, 1.54) is 12.1 Å². The second kappa shape index (κ2) is 23.9. The zero-order chi connectivity index (χ0) is 53.3. The van der Waals surface area contributed by atoms with Gasteiger partial charge in [-0.05, 0) is 61.7 Å². The maximum Gasteiger partial charge on any atom is 0.324 e. The summed E-state index contributed by atoms with van der Waals surface area (Å²) >= 11 is 1.60. The lowest BCUT2D eigenvalue weighted by atomic mass is 9.93. The molecule has 0 saturated carbocycles. The van der Waals surface area contributed by atoms with Crippen LogP contribution in [0.15, 0.2) is 77.4 Å². The third kappa shape index (κ3) is 13.0. The highest BCUT2D eigenvalue weighted by atomic mass is 32.1. The number of thiazole rings is 1. The molecule has 1 unspecified atom stereocenters. The average molecular weight is 1060 g/mol. The van der Waals surface area contributed by atoms with Gasteiger partial charge in [0.05, 0.1) is 33.6 Å². The van der Waals surface area contributed by atoms with E-state index in [2.05, 4.69) is 58.1 Å². The molecule has 3 aliphatic heterocycles. The third-order valence-corrected chi connectivity index (χ3v) is 14.6. The summed E-state index contributed by atoms with van der Waals surface area (Å²) < 4.78 is 20.4. The predicted octanol–water partition coefficient (Wildman–Crippen LogP) is 6.20. The minimum atomic E-state index is -1.09. The highest BCUT2D eigenvalue weighted by molar-refractivity contribution is 7.23. The number of aromatic nitrogens is 3. The van der Waals surface area contributed by atoms with E-state index in [4.69, 9.17) is 19.0 Å². The molecule has 0 bridgehead atoms. The number of nitrogens with one attached hydrogen (secondary N) is 5. The molecular formula is C54H63N11O10S. The Kier molecular flexibility index (Phi) is 16.7. The molecule has 2 saturated heterocycles. The largest absolute Gasteiger partial charge is 0.492 e. The maximum absolute atomic E-state index is 13.2. The summed E-state index contributed by atoms with van der Waals surface area (Å²) in [7, 11) is 0. The van der Waals surface area contributed by atoms with Crippen molar-refractivity contribution in [3.8, 4) is 22.8 Å². The second-order valence-corrected chi connectivity index (χ2v) is 21.2. The number of unbranched alkanes of at least 4 members (excludes halogenated alkanes) is 5. The molecule has 0 aliphatic carbocycles. The number of anilines is 2. The van der Waals surface area contributed by atoms with Gasteiger partial charge in [0.15, 0.2) is 17.4 Å². The van der Waals surface area contributed by atoms with Crippen molar-refractivity contribution in [3.05, 3.63) is 89.8 Å². The van der Waals surface area contributed by atoms with Gasteiger partial charge in [-0.2, -0.15) is 0 Å². The van der Waals surface area contributed by atoms with Crippen molar-refractivity contribution in [2.24, 2.45) is 0 Å². The van der Waals surface area contributed by atoms with E-state index < -0.39 is 35.7 Å². The molecule has 3 aliphatic rings. The molecule has 0 spiro atoms. The van der Waals surface area contributed by atoms with Gasteiger partial charge in [-0.25, -0.2) is 9.78 Å². The molecule has 3 aromatic carbocycles. The van der Waals surface area contributed by atoms with Crippen LogP contribution in [0.3, 0.4) is 0 Å². The number of imide groups is 2. The molecule has 400 valence electrons. The molecule has 2 fully saturated rings. The first kappa shape index (κ1) is 53.1. The minimum absolute atomic E-state index is 0.000762. The van der Waals surface area contributed by atoms with E-state index in [1.54, 1.807) is 23.5 Å². The van der Waals surface area contributed by atoms with Crippen LogP contribution in [0.2, 0.25) is 0 Å². The van der Waals surface area contributed by atoms with Gasteiger partial charge in [0.1, 0.15) is 29.9 Å². The number of fused-ring (bicyclic) bond motifs is 4. The van der Waals surface area contributed by atoms with Crippen LogP contribution < -0.4 is 36.1 Å². The fraction of sp³-hybridized carbons (Fsp3) is 0.426. The maximum atomic E-state index is 13.2. The molecule has 1 atom stereocenters. The van der Waals surface area contributed by atoms with E-state index in [1.807, 2.05) is 57.3 Å². The highest BCUT2D eigenvalue weighted by Gasteiger charge is 2.46. The molecule has 6 aromatic rings. The summed E-state index contributed by atoms with van der Waals surface area (Å²) in [5.41, 5.74) is 3.30. The number of carbonyl (C=O) groups excluding carboxylic acids is 7. The minimum Gasteiger partial charge on any atom is -0.492 e. The van der Waals surface area contributed by atoms with Crippen LogP contribution in [-0.4, -0.2) is 142 Å². The van der Waals surface area contributed by atoms with E-state index in [0.29, 0.717) is 43.5 Å². The van der Waals surface area contributed by atoms with Gasteiger partial charge in [-0.1, -0.05) is 81.1 Å². The summed E-state index contributed by atoms with van der Waals surface area (Å²) in [6.07, 6.45) is 7.72. The number of nitrogens with zero attached hydrogens (tertiary/aromatic N) is 6. The molecule has 5 N–H and O–H groups in total. The number of hydrogen-bond donors (Lipinski definition) is 5. The Bertz CT molecular complexity index is 3120. The Labute approximate surface area is 443 Å². The number of hydrogen-bond acceptors (Lipinski definition) is 15. The van der Waals surface area contributed by atoms with Crippen LogP contribution in [0.4, 0.5) is 16.3 Å². The van der Waals surface area contributed by atoms with Gasteiger partial charge in [0.2, 0.25) is 17.7 Å². The molecule has 6 heterocycles. The summed E-state index contributed by atoms with van der Waals surface area (Å²) in [5, 5.41) is 17.5. The number of benzene rings is 3. The molecule has 76 heavy (non-hydrogen) atoms. The van der Waals surface area contributed by atoms with Crippen LogP contribution in [0.1, 0.15) is 98.6 Å². The van der Waals surface area contributed by atoms with Crippen LogP contribution in [0, 0.1) is 0 Å². The molecule has 3 aromatic heterocycles. The standard InChI is InChI=1S/C54H63N11O10S/c1-54(2,3)43-30-44(61-75-43)59-52(72)57-35-15-13-34(14-16-35)38-31-64-39-18-17-36(29-42(39)76-53(64)58-38)73-28-27-62-23-25-63(26-24-62)32-46(67)55-21-8-6-4-5-7-9-22-56-47(68)33-74-41-12-10-11-37-48(41)51(71)65(50(37)70)40-19-20-45(66)60-49(40)69/h10-18,29-31,40H,4-9,19-28,32-33H2,1-3H3,(H,55,67)(H,56,68)(H,60,66,69)(H2,57,59,61,72). The Balaban J connectivity index is 0.592. The van der Waals surface area contributed by atoms with Crippen LogP contribution in [0.25, 0.3) is 26.4 Å². The van der Waals surface area contributed by atoms with Crippen LogP contribution >= 0.6 is 11.3 Å². The van der Waals surface area contributed by atoms with E-state index in [0.717, 1.165) is 108 Å². The van der Waals surface area contributed by atoms with Gasteiger partial charge in [-0.15, -0.1) is 0 Å². The Morgan fingerprint density at radius 1 is 0.816 bits per heavy atom. The summed E-state index contributed by atoms with van der Waals surface area (Å²) in [4.78, 5) is 99.2. The number of urea groups is 1. The molecule has 21 nitrogen and oxygen atoms in total. The molecular weight excluding hydrogens is 995 g/mol. The molecule has 9 rings (SSSR count). The van der Waals surface area contributed by atoms with Crippen molar-refractivity contribution in [1.29, 1.82) is 0 Å². The van der Waals surface area contributed by atoms with Crippen molar-refractivity contribution in [2.75, 3.05) is 76.2 Å². The van der Waals surface area contributed by atoms with Crippen molar-refractivity contribution < 1.29 is 47.6 Å². The number of carbonyl (C=O) groups is 7. The number of imidazole rings is 1. The lowest BCUT2D eigenvalue weighted by Crippen LogP contribution is -2.54. The first-order valence-electron chi connectivity index (χ1n) is 25.8. The fourth-order valence-corrected chi connectivity index (χ4v) is 10.4. The molecule has 0 radical (unpaired) electrons. The Hall–Kier alpha value is -7.69. The first-order chi connectivity index (χ1) is 36.7. The van der Waals surface area contributed by atoms with Gasteiger partial charge < -0.3 is 29.9 Å². The van der Waals surface area contributed by atoms with Crippen LogP contribution in [-0.2, 0) is 24.6 Å². The van der Waals surface area contributed by atoms with Crippen molar-refractivity contribution in [3.63, 3.8) is 0 Å². The van der Waals surface area contributed by atoms with Crippen LogP contribution in [0.5, 0.6) is 11.5 Å². The highest BCUT2D eigenvalue weighted by Crippen LogP contribution is 2.35. The zero-order valence-electron chi connectivity index (χ0n) is 42.9. The smallest absolute Gasteiger partial charge is 0.324 e. The van der Waals surface area contributed by atoms with Crippen molar-refractivity contribution in [1.82, 2.24) is 45.2 Å². The number of piperazine rings is 1. The van der Waals surface area contributed by atoms with E-state index in [-0.39, 0.29) is 53.6 Å². The van der Waals surface area contributed by atoms with Gasteiger partial charge in [0.25, 0.3) is 17.7 Å². The lowest BCUT2D eigenvalue weighted by Gasteiger charge is -2.34. The first-order valence-corrected chi connectivity index (χ1v) is 26.6. The lowest BCUT2D eigenvalue weighted by molar-refractivity contribution is -0.136. The van der Waals surface area contributed by atoms with E-state index in [9.17, 15) is 33.6 Å². The van der Waals surface area contributed by atoms with Crippen molar-refractivity contribution in [2.45, 2.75) is 83.6 Å². The average Bonchev–Trinajstić information content (AvgIpc) is 4.19. The number of amides is 8. The third-order valence-electron chi connectivity index (χ3n) is 13.5. The normalized spacial score (nSPS) is 16.2. The molecule has 22 heteroatoms. The second-order valence-electron chi connectivity index (χ2n) is 20.2. The zero-order valence-corrected chi connectivity index (χ0v) is 43.7. The Morgan fingerprint density at radius 2 is 1.54 bits per heavy atom. The number of ether oxygens (including phenoxy) is 2.